The quantitative estimate of drug-likeness (QED) is 0.538. The molecule has 2 aromatic rings. The van der Waals surface area contributed by atoms with Gasteiger partial charge in [-0.05, 0) is 23.8 Å². The van der Waals surface area contributed by atoms with Crippen LogP contribution in [0.15, 0.2) is 70.4 Å². The number of pyridine rings is 1. The van der Waals surface area contributed by atoms with Gasteiger partial charge in [-0.25, -0.2) is 18.2 Å². The van der Waals surface area contributed by atoms with Crippen LogP contribution in [-0.2, 0) is 14.6 Å². The summed E-state index contributed by atoms with van der Waals surface area (Å²) in [6.45, 7) is 0. The van der Waals surface area contributed by atoms with Crippen molar-refractivity contribution in [3.05, 3.63) is 71.0 Å². The lowest BCUT2D eigenvalue weighted by molar-refractivity contribution is -0.342. The largest absolute Gasteiger partial charge is 0.524 e. The first-order chi connectivity index (χ1) is 15.3. The number of anilines is 1. The topological polar surface area (TPSA) is 97.4 Å². The summed E-state index contributed by atoms with van der Waals surface area (Å²) >= 11 is 12.5. The van der Waals surface area contributed by atoms with E-state index in [9.17, 15) is 26.4 Å². The number of hydrogen-bond donors (Lipinski definition) is 2. The molecule has 0 saturated carbocycles. The fraction of sp³-hybridized carbons (Fsp3) is 0.200. The number of nitrogens with one attached hydrogen (secondary N) is 2. The Bertz CT molecular complexity index is 1220. The Kier molecular flexibility index (Phi) is 7.08. The minimum atomic E-state index is -5.09. The lowest BCUT2D eigenvalue weighted by atomic mass is 9.92. The lowest BCUT2D eigenvalue weighted by Crippen LogP contribution is -2.40. The Morgan fingerprint density at radius 3 is 2.36 bits per heavy atom. The van der Waals surface area contributed by atoms with Gasteiger partial charge in [-0.1, -0.05) is 53.5 Å². The van der Waals surface area contributed by atoms with Crippen molar-refractivity contribution < 1.29 is 31.1 Å². The number of aromatic nitrogens is 1. The van der Waals surface area contributed by atoms with Crippen LogP contribution in [0.25, 0.3) is 5.57 Å². The van der Waals surface area contributed by atoms with Crippen LogP contribution in [0.5, 0.6) is 0 Å². The highest BCUT2D eigenvalue weighted by atomic mass is 35.5. The van der Waals surface area contributed by atoms with Gasteiger partial charge in [-0.15, -0.1) is 13.2 Å². The average Bonchev–Trinajstić information content (AvgIpc) is 2.66. The molecule has 0 aliphatic heterocycles. The van der Waals surface area contributed by atoms with Gasteiger partial charge >= 0.3 is 12.4 Å². The van der Waals surface area contributed by atoms with Gasteiger partial charge in [0.25, 0.3) is 0 Å². The van der Waals surface area contributed by atoms with Crippen LogP contribution < -0.4 is 10.6 Å². The Balaban J connectivity index is 1.84. The number of carbonyl (C=O) groups excluding carboxylic acids is 1. The lowest BCUT2D eigenvalue weighted by Gasteiger charge is -2.35. The van der Waals surface area contributed by atoms with Crippen LogP contribution in [0.3, 0.4) is 0 Å². The minimum absolute atomic E-state index is 0.00611. The third kappa shape index (κ3) is 6.47. The Hall–Kier alpha value is -2.60. The van der Waals surface area contributed by atoms with E-state index in [1.807, 2.05) is 0 Å². The molecular weight excluding hydrogens is 506 g/mol. The summed E-state index contributed by atoms with van der Waals surface area (Å²) in [6.07, 6.45) is -2.33. The van der Waals surface area contributed by atoms with Crippen LogP contribution in [0.2, 0.25) is 0 Å². The van der Waals surface area contributed by atoms with E-state index in [0.29, 0.717) is 5.56 Å². The van der Waals surface area contributed by atoms with Gasteiger partial charge in [-0.3, -0.25) is 10.1 Å². The van der Waals surface area contributed by atoms with Gasteiger partial charge in [0.15, 0.2) is 14.9 Å². The molecule has 1 aromatic carbocycles. The summed E-state index contributed by atoms with van der Waals surface area (Å²) in [5, 5.41) is 2.10. The fourth-order valence-electron chi connectivity index (χ4n) is 3.06. The van der Waals surface area contributed by atoms with E-state index in [-0.39, 0.29) is 27.0 Å². The van der Waals surface area contributed by atoms with Crippen LogP contribution in [0, 0.1) is 0 Å². The van der Waals surface area contributed by atoms with Gasteiger partial charge in [0, 0.05) is 30.1 Å². The number of sulfone groups is 1. The summed E-state index contributed by atoms with van der Waals surface area (Å²) in [5.74, 6) is 0.00611. The molecule has 0 spiro atoms. The molecule has 33 heavy (non-hydrogen) atoms. The number of hydrogen-bond acceptors (Lipinski definition) is 5. The van der Waals surface area contributed by atoms with Crippen molar-refractivity contribution in [2.45, 2.75) is 22.7 Å². The molecule has 0 radical (unpaired) electrons. The number of ether oxygens (including phenoxy) is 1. The molecule has 1 aromatic heterocycles. The predicted octanol–water partition coefficient (Wildman–Crippen LogP) is 5.02. The summed E-state index contributed by atoms with van der Waals surface area (Å²) in [7, 11) is -3.47. The number of amides is 2. The van der Waals surface area contributed by atoms with E-state index >= 15 is 0 Å². The normalized spacial score (nSPS) is 19.2. The molecule has 13 heteroatoms. The molecule has 3 rings (SSSR count). The van der Waals surface area contributed by atoms with Crippen LogP contribution in [0.4, 0.5) is 23.8 Å². The summed E-state index contributed by atoms with van der Waals surface area (Å²) < 4.78 is 66.6. The highest BCUT2D eigenvalue weighted by Gasteiger charge is 2.48. The smallest absolute Gasteiger partial charge is 0.311 e. The standard InChI is InChI=1S/C20H16Cl2F3N3O4S/c1-33(30,31)14-7-8-16(26-11-14)28-18(29)27-13-9-15(21)17(12-5-3-2-4-6-12)19(22,10-13)32-20(23,24)25/h2-9,11H,10H2,1H3,(H2,26,27,28,29). The van der Waals surface area contributed by atoms with Gasteiger partial charge < -0.3 is 5.32 Å². The molecule has 1 aliphatic rings. The molecule has 0 saturated heterocycles. The van der Waals surface area contributed by atoms with Gasteiger partial charge in [0.05, 0.1) is 9.93 Å². The summed E-state index contributed by atoms with van der Waals surface area (Å²) in [6, 6.07) is 9.56. The Morgan fingerprint density at radius 2 is 1.82 bits per heavy atom. The molecular formula is C20H16Cl2F3N3O4S. The third-order valence-electron chi connectivity index (χ3n) is 4.35. The second kappa shape index (κ2) is 9.34. The Morgan fingerprint density at radius 1 is 1.15 bits per heavy atom. The fourth-order valence-corrected chi connectivity index (χ4v) is 4.51. The van der Waals surface area contributed by atoms with Crippen molar-refractivity contribution in [2.24, 2.45) is 0 Å². The zero-order valence-electron chi connectivity index (χ0n) is 16.8. The van der Waals surface area contributed by atoms with Gasteiger partial charge in [0.2, 0.25) is 0 Å². The summed E-state index contributed by atoms with van der Waals surface area (Å²) in [4.78, 5) is 16.1. The number of carbonyl (C=O) groups is 1. The number of benzene rings is 1. The maximum Gasteiger partial charge on any atom is 0.524 e. The molecule has 1 atom stereocenters. The van der Waals surface area contributed by atoms with E-state index in [1.165, 1.54) is 30.3 Å². The first-order valence-corrected chi connectivity index (χ1v) is 11.8. The highest BCUT2D eigenvalue weighted by Crippen LogP contribution is 2.48. The van der Waals surface area contributed by atoms with E-state index in [2.05, 4.69) is 20.4 Å². The molecule has 1 aliphatic carbocycles. The van der Waals surface area contributed by atoms with Crippen molar-refractivity contribution in [2.75, 3.05) is 11.6 Å². The first-order valence-electron chi connectivity index (χ1n) is 9.13. The molecule has 7 nitrogen and oxygen atoms in total. The second-order valence-corrected chi connectivity index (χ2v) is 9.98. The zero-order valence-corrected chi connectivity index (χ0v) is 19.1. The maximum atomic E-state index is 13.2. The zero-order chi connectivity index (χ0) is 24.4. The SMILES string of the molecule is CS(=O)(=O)c1ccc(NC(=O)NC2=CC(Cl)=C(c3ccccc3)C(Cl)(OC(F)(F)F)C2)nc1. The van der Waals surface area contributed by atoms with Crippen LogP contribution in [0.1, 0.15) is 12.0 Å². The number of rotatable bonds is 5. The Labute approximate surface area is 197 Å². The van der Waals surface area contributed by atoms with Crippen molar-refractivity contribution in [1.82, 2.24) is 10.3 Å². The second-order valence-electron chi connectivity index (χ2n) is 6.94. The van der Waals surface area contributed by atoms with E-state index < -0.39 is 33.7 Å². The molecule has 0 fully saturated rings. The van der Waals surface area contributed by atoms with Crippen LogP contribution in [-0.4, -0.2) is 37.1 Å². The van der Waals surface area contributed by atoms with Gasteiger partial charge in [-0.2, -0.15) is 0 Å². The minimum Gasteiger partial charge on any atom is -0.311 e. The monoisotopic (exact) mass is 521 g/mol. The molecule has 1 unspecified atom stereocenters. The first kappa shape index (κ1) is 25.0. The molecule has 1 heterocycles. The van der Waals surface area contributed by atoms with E-state index in [0.717, 1.165) is 12.5 Å². The maximum absolute atomic E-state index is 13.2. The van der Waals surface area contributed by atoms with Gasteiger partial charge in [0.1, 0.15) is 5.82 Å². The predicted molar refractivity (Wildman–Crippen MR) is 117 cm³/mol. The van der Waals surface area contributed by atoms with Crippen molar-refractivity contribution in [1.29, 1.82) is 0 Å². The number of nitrogens with zero attached hydrogens (tertiary/aromatic N) is 1. The highest BCUT2D eigenvalue weighted by molar-refractivity contribution is 7.90. The number of halogens is 5. The van der Waals surface area contributed by atoms with Crippen molar-refractivity contribution in [3.63, 3.8) is 0 Å². The molecule has 0 bridgehead atoms. The summed E-state index contributed by atoms with van der Waals surface area (Å²) in [5.41, 5.74) is 0.161. The van der Waals surface area contributed by atoms with E-state index in [4.69, 9.17) is 23.2 Å². The number of allylic oxidation sites excluding steroid dienone is 2. The van der Waals surface area contributed by atoms with Crippen molar-refractivity contribution in [3.8, 4) is 0 Å². The number of alkyl halides is 4. The van der Waals surface area contributed by atoms with E-state index in [1.54, 1.807) is 18.2 Å². The number of urea groups is 1. The average molecular weight is 522 g/mol. The molecule has 176 valence electrons. The van der Waals surface area contributed by atoms with Crippen LogP contribution >= 0.6 is 23.2 Å². The molecule has 2 amide bonds. The van der Waals surface area contributed by atoms with Crippen molar-refractivity contribution >= 4 is 50.5 Å². The third-order valence-corrected chi connectivity index (χ3v) is 6.15. The molecule has 2 N–H and O–H groups in total.